The second kappa shape index (κ2) is 3.24. The van der Waals surface area contributed by atoms with Crippen LogP contribution in [0.1, 0.15) is 11.5 Å². The van der Waals surface area contributed by atoms with E-state index in [0.717, 1.165) is 15.6 Å². The van der Waals surface area contributed by atoms with Crippen LogP contribution in [-0.4, -0.2) is 6.04 Å². The number of halogens is 2. The molecule has 1 aromatic rings. The highest BCUT2D eigenvalue weighted by molar-refractivity contribution is 6.36. The van der Waals surface area contributed by atoms with E-state index in [-0.39, 0.29) is 6.04 Å². The standard InChI is InChI=1S/C12H11Cl2N/c13-8-2-1-3-9(14)11(8)10-6-4-5-7(6)12(10)15/h1-7,10,12H,15H2/t6?,7?,10-,12+/m0/s1. The highest BCUT2D eigenvalue weighted by Gasteiger charge is 2.51. The maximum absolute atomic E-state index is 6.18. The molecule has 2 aliphatic rings. The lowest BCUT2D eigenvalue weighted by Gasteiger charge is -2.53. The van der Waals surface area contributed by atoms with Gasteiger partial charge in [0.05, 0.1) is 0 Å². The van der Waals surface area contributed by atoms with Crippen LogP contribution in [0, 0.1) is 11.8 Å². The lowest BCUT2D eigenvalue weighted by atomic mass is 9.53. The molecule has 0 aliphatic heterocycles. The smallest absolute Gasteiger partial charge is 0.0456 e. The molecule has 0 spiro atoms. The fourth-order valence-corrected chi connectivity index (χ4v) is 3.33. The Bertz CT molecular complexity index is 421. The lowest BCUT2D eigenvalue weighted by Crippen LogP contribution is -2.56. The van der Waals surface area contributed by atoms with Gasteiger partial charge in [-0.15, -0.1) is 0 Å². The summed E-state index contributed by atoms with van der Waals surface area (Å²) < 4.78 is 0. The minimum Gasteiger partial charge on any atom is -0.327 e. The molecular formula is C12H11Cl2N. The first-order valence-corrected chi connectivity index (χ1v) is 5.83. The molecule has 15 heavy (non-hydrogen) atoms. The normalized spacial score (nSPS) is 36.7. The summed E-state index contributed by atoms with van der Waals surface area (Å²) in [5, 5.41) is 1.48. The van der Waals surface area contributed by atoms with E-state index in [1.54, 1.807) is 0 Å². The van der Waals surface area contributed by atoms with Crippen molar-refractivity contribution in [2.24, 2.45) is 17.6 Å². The first kappa shape index (κ1) is 9.71. The molecule has 0 aromatic heterocycles. The second-order valence-electron chi connectivity index (χ2n) is 4.28. The fourth-order valence-electron chi connectivity index (χ4n) is 2.68. The quantitative estimate of drug-likeness (QED) is 0.749. The molecule has 0 amide bonds. The molecule has 2 unspecified atom stereocenters. The SMILES string of the molecule is N[C@@H]1C2C=CC2[C@H]1c1c(Cl)cccc1Cl. The van der Waals surface area contributed by atoms with Crippen molar-refractivity contribution >= 4 is 23.2 Å². The minimum absolute atomic E-state index is 0.178. The Labute approximate surface area is 98.9 Å². The number of benzene rings is 1. The molecule has 1 saturated carbocycles. The van der Waals surface area contributed by atoms with Crippen LogP contribution in [0.4, 0.5) is 0 Å². The molecule has 3 heteroatoms. The molecule has 3 rings (SSSR count). The Kier molecular flexibility index (Phi) is 2.10. The second-order valence-corrected chi connectivity index (χ2v) is 5.09. The zero-order valence-corrected chi connectivity index (χ0v) is 9.54. The van der Waals surface area contributed by atoms with E-state index in [2.05, 4.69) is 12.2 Å². The predicted molar refractivity (Wildman–Crippen MR) is 63.3 cm³/mol. The fraction of sp³-hybridized carbons (Fsp3) is 0.333. The monoisotopic (exact) mass is 239 g/mol. The van der Waals surface area contributed by atoms with Crippen molar-refractivity contribution in [2.45, 2.75) is 12.0 Å². The van der Waals surface area contributed by atoms with Gasteiger partial charge in [0.25, 0.3) is 0 Å². The molecular weight excluding hydrogens is 229 g/mol. The largest absolute Gasteiger partial charge is 0.327 e. The third-order valence-electron chi connectivity index (χ3n) is 3.61. The average molecular weight is 240 g/mol. The van der Waals surface area contributed by atoms with Crippen LogP contribution in [0.15, 0.2) is 30.4 Å². The summed E-state index contributed by atoms with van der Waals surface area (Å²) in [6.07, 6.45) is 4.38. The Morgan fingerprint density at radius 1 is 1.00 bits per heavy atom. The van der Waals surface area contributed by atoms with Gasteiger partial charge in [0.1, 0.15) is 0 Å². The van der Waals surface area contributed by atoms with Gasteiger partial charge in [-0.25, -0.2) is 0 Å². The molecule has 0 heterocycles. The van der Waals surface area contributed by atoms with Gasteiger partial charge in [-0.1, -0.05) is 41.4 Å². The summed E-state index contributed by atoms with van der Waals surface area (Å²) in [5.74, 6) is 1.40. The first-order chi connectivity index (χ1) is 7.20. The van der Waals surface area contributed by atoms with E-state index in [1.165, 1.54) is 0 Å². The molecule has 1 nitrogen and oxygen atoms in total. The summed E-state index contributed by atoms with van der Waals surface area (Å²) >= 11 is 12.4. The van der Waals surface area contributed by atoms with Gasteiger partial charge in [0, 0.05) is 22.0 Å². The predicted octanol–water partition coefficient (Wildman–Crippen LogP) is 3.22. The van der Waals surface area contributed by atoms with Crippen molar-refractivity contribution < 1.29 is 0 Å². The van der Waals surface area contributed by atoms with E-state index in [9.17, 15) is 0 Å². The van der Waals surface area contributed by atoms with Crippen LogP contribution in [-0.2, 0) is 0 Å². The lowest BCUT2D eigenvalue weighted by molar-refractivity contribution is 0.150. The van der Waals surface area contributed by atoms with Gasteiger partial charge >= 0.3 is 0 Å². The molecule has 2 aliphatic carbocycles. The molecule has 4 atom stereocenters. The topological polar surface area (TPSA) is 26.0 Å². The maximum atomic E-state index is 6.18. The van der Waals surface area contributed by atoms with Crippen LogP contribution in [0.5, 0.6) is 0 Å². The number of fused-ring (bicyclic) bond motifs is 1. The van der Waals surface area contributed by atoms with Gasteiger partial charge in [0.2, 0.25) is 0 Å². The summed E-state index contributed by atoms with van der Waals surface area (Å²) in [4.78, 5) is 0. The van der Waals surface area contributed by atoms with Crippen molar-refractivity contribution in [3.63, 3.8) is 0 Å². The highest BCUT2D eigenvalue weighted by Crippen LogP contribution is 2.55. The summed E-state index contributed by atoms with van der Waals surface area (Å²) in [6, 6.07) is 5.81. The van der Waals surface area contributed by atoms with Crippen molar-refractivity contribution in [3.05, 3.63) is 46.0 Å². The Hall–Kier alpha value is -0.500. The minimum atomic E-state index is 0.178. The van der Waals surface area contributed by atoms with Crippen LogP contribution in [0.2, 0.25) is 10.0 Å². The van der Waals surface area contributed by atoms with Crippen molar-refractivity contribution in [2.75, 3.05) is 0 Å². The van der Waals surface area contributed by atoms with E-state index in [4.69, 9.17) is 28.9 Å². The maximum Gasteiger partial charge on any atom is 0.0456 e. The zero-order chi connectivity index (χ0) is 10.6. The van der Waals surface area contributed by atoms with Gasteiger partial charge in [-0.05, 0) is 29.5 Å². The Morgan fingerprint density at radius 2 is 1.60 bits per heavy atom. The van der Waals surface area contributed by atoms with Crippen LogP contribution in [0.3, 0.4) is 0 Å². The number of nitrogens with two attached hydrogens (primary N) is 1. The molecule has 0 bridgehead atoms. The van der Waals surface area contributed by atoms with Gasteiger partial charge in [-0.2, -0.15) is 0 Å². The van der Waals surface area contributed by atoms with E-state index in [1.807, 2.05) is 18.2 Å². The van der Waals surface area contributed by atoms with Gasteiger partial charge in [-0.3, -0.25) is 0 Å². The third-order valence-corrected chi connectivity index (χ3v) is 4.27. The summed E-state index contributed by atoms with van der Waals surface area (Å²) in [5.41, 5.74) is 7.14. The van der Waals surface area contributed by atoms with Crippen molar-refractivity contribution in [1.82, 2.24) is 0 Å². The highest BCUT2D eigenvalue weighted by atomic mass is 35.5. The zero-order valence-electron chi connectivity index (χ0n) is 8.03. The number of allylic oxidation sites excluding steroid dienone is 1. The number of rotatable bonds is 1. The molecule has 2 N–H and O–H groups in total. The summed E-state index contributed by atoms with van der Waals surface area (Å²) in [7, 11) is 0. The Morgan fingerprint density at radius 3 is 2.07 bits per heavy atom. The average Bonchev–Trinajstić information content (AvgIpc) is 2.14. The van der Waals surface area contributed by atoms with E-state index in [0.29, 0.717) is 17.8 Å². The van der Waals surface area contributed by atoms with E-state index >= 15 is 0 Å². The van der Waals surface area contributed by atoms with Crippen molar-refractivity contribution in [1.29, 1.82) is 0 Å². The van der Waals surface area contributed by atoms with Crippen LogP contribution in [0.25, 0.3) is 0 Å². The summed E-state index contributed by atoms with van der Waals surface area (Å²) in [6.45, 7) is 0. The molecule has 1 fully saturated rings. The van der Waals surface area contributed by atoms with Crippen LogP contribution < -0.4 is 5.73 Å². The molecule has 78 valence electrons. The first-order valence-electron chi connectivity index (χ1n) is 5.08. The van der Waals surface area contributed by atoms with Gasteiger partial charge < -0.3 is 5.73 Å². The third kappa shape index (κ3) is 1.20. The van der Waals surface area contributed by atoms with Crippen LogP contribution >= 0.6 is 23.2 Å². The van der Waals surface area contributed by atoms with Crippen molar-refractivity contribution in [3.8, 4) is 0 Å². The number of hydrogen-bond acceptors (Lipinski definition) is 1. The molecule has 1 aromatic carbocycles. The molecule has 0 saturated heterocycles. The van der Waals surface area contributed by atoms with E-state index < -0.39 is 0 Å². The number of hydrogen-bond donors (Lipinski definition) is 1. The van der Waals surface area contributed by atoms with Gasteiger partial charge in [0.15, 0.2) is 0 Å². The Balaban J connectivity index is 2.03. The molecule has 0 radical (unpaired) electrons.